The summed E-state index contributed by atoms with van der Waals surface area (Å²) < 4.78 is -0.957. The second-order valence-electron chi connectivity index (χ2n) is 28.9. The Kier molecular flexibility index (Phi) is 23.7. The van der Waals surface area contributed by atoms with Gasteiger partial charge in [-0.25, -0.2) is 0 Å². The molecule has 484 valence electrons. The molecular weight excluding hydrogens is 1210 g/mol. The van der Waals surface area contributed by atoms with Crippen molar-refractivity contribution in [1.82, 2.24) is 29.9 Å². The Morgan fingerprint density at radius 2 is 0.611 bits per heavy atom. The Labute approximate surface area is 560 Å². The number of rotatable bonds is 28. The van der Waals surface area contributed by atoms with Crippen LogP contribution in [0.25, 0.3) is 11.1 Å². The zero-order valence-electron chi connectivity index (χ0n) is 57.0. The predicted molar refractivity (Wildman–Crippen MR) is 383 cm³/mol. The van der Waals surface area contributed by atoms with Gasteiger partial charge < -0.3 is 10.6 Å². The molecule has 0 bridgehead atoms. The predicted octanol–water partition coefficient (Wildman–Crippen LogP) is 21.0. The number of aromatic nitrogens is 6. The molecule has 8 rings (SSSR count). The van der Waals surface area contributed by atoms with Crippen molar-refractivity contribution in [1.29, 1.82) is 0 Å². The van der Waals surface area contributed by atoms with Gasteiger partial charge in [-0.2, -0.15) is 42.5 Å². The first-order valence-corrected chi connectivity index (χ1v) is 36.1. The first-order chi connectivity index (χ1) is 42.1. The summed E-state index contributed by atoms with van der Waals surface area (Å²) in [6, 6.07) is 20.6. The summed E-state index contributed by atoms with van der Waals surface area (Å²) in [6.07, 6.45) is 12.5. The molecule has 17 heteroatoms. The number of anilines is 4. The summed E-state index contributed by atoms with van der Waals surface area (Å²) in [5.41, 5.74) is 3.11. The highest BCUT2D eigenvalue weighted by molar-refractivity contribution is 8.01. The van der Waals surface area contributed by atoms with Gasteiger partial charge in [-0.1, -0.05) is 271 Å². The fourth-order valence-corrected chi connectivity index (χ4v) is 14.9. The summed E-state index contributed by atoms with van der Waals surface area (Å²) in [5.74, 6) is -0.465. The summed E-state index contributed by atoms with van der Waals surface area (Å²) in [6.45, 7) is 42.4. The van der Waals surface area contributed by atoms with Crippen LogP contribution in [0.3, 0.4) is 0 Å². The highest BCUT2D eigenvalue weighted by Gasteiger charge is 2.40. The summed E-state index contributed by atoms with van der Waals surface area (Å²) in [7, 11) is 0. The Morgan fingerprint density at radius 1 is 0.344 bits per heavy atom. The molecule has 0 fully saturated rings. The van der Waals surface area contributed by atoms with Crippen molar-refractivity contribution < 1.29 is 19.2 Å². The summed E-state index contributed by atoms with van der Waals surface area (Å²) >= 11 is 10.9. The van der Waals surface area contributed by atoms with E-state index in [-0.39, 0.29) is 103 Å². The Bertz CT molecular complexity index is 3560. The van der Waals surface area contributed by atoms with E-state index in [9.17, 15) is 0 Å². The first kappa shape index (κ1) is 72.4. The van der Waals surface area contributed by atoms with E-state index in [0.717, 1.165) is 64.2 Å². The van der Waals surface area contributed by atoms with E-state index in [1.807, 2.05) is 0 Å². The smallest absolute Gasteiger partial charge is 0.232 e. The van der Waals surface area contributed by atoms with E-state index in [4.69, 9.17) is 29.9 Å². The van der Waals surface area contributed by atoms with Crippen LogP contribution in [-0.2, 0) is 0 Å². The minimum Gasteiger partial charge on any atom is -0.323 e. The molecular formula is C73H98N8O4S5. The van der Waals surface area contributed by atoms with Crippen molar-refractivity contribution in [2.24, 2.45) is 16.2 Å². The lowest BCUT2D eigenvalue weighted by Gasteiger charge is -2.30. The third kappa shape index (κ3) is 18.4. The van der Waals surface area contributed by atoms with E-state index >= 15 is 19.2 Å². The molecule has 2 N–H and O–H groups in total. The van der Waals surface area contributed by atoms with Gasteiger partial charge in [0.15, 0.2) is 43.8 Å². The number of unbranched alkanes of at least 4 members (excludes halogenated alkanes) is 1. The molecule has 4 aromatic carbocycles. The van der Waals surface area contributed by atoms with Gasteiger partial charge in [0.05, 0.1) is 22.5 Å². The number of nitrogens with zero attached hydrogens (tertiary/aromatic N) is 6. The van der Waals surface area contributed by atoms with Crippen molar-refractivity contribution in [2.45, 2.75) is 248 Å². The normalized spacial score (nSPS) is 13.7. The van der Waals surface area contributed by atoms with E-state index in [0.29, 0.717) is 48.9 Å². The molecule has 0 radical (unpaired) electrons. The average Bonchev–Trinajstić information content (AvgIpc) is 0.724. The van der Waals surface area contributed by atoms with Crippen molar-refractivity contribution in [3.8, 4) is 11.1 Å². The lowest BCUT2D eigenvalue weighted by molar-refractivity contribution is 0.0978. The second-order valence-corrected chi connectivity index (χ2v) is 36.0. The summed E-state index contributed by atoms with van der Waals surface area (Å²) in [4.78, 5) is 91.4. The van der Waals surface area contributed by atoms with Crippen molar-refractivity contribution in [3.63, 3.8) is 0 Å². The van der Waals surface area contributed by atoms with Crippen LogP contribution in [0.4, 0.5) is 23.3 Å². The highest BCUT2D eigenvalue weighted by atomic mass is 32.2. The monoisotopic (exact) mass is 1310 g/mol. The number of benzene rings is 4. The van der Waals surface area contributed by atoms with Gasteiger partial charge in [-0.05, 0) is 90.2 Å². The molecule has 2 heterocycles. The van der Waals surface area contributed by atoms with E-state index in [1.54, 1.807) is 108 Å². The zero-order chi connectivity index (χ0) is 66.4. The minimum absolute atomic E-state index is 0.0873. The van der Waals surface area contributed by atoms with Crippen LogP contribution in [-0.4, -0.2) is 77.8 Å². The topological polar surface area (TPSA) is 170 Å². The molecule has 2 aliphatic rings. The maximum atomic E-state index is 15.4. The number of thiol groups is 1. The number of fused-ring (bicyclic) bond motifs is 4. The number of carbonyl (C=O) groups excluding carboxylic acids is 4. The van der Waals surface area contributed by atoms with Gasteiger partial charge in [0.1, 0.15) is 0 Å². The van der Waals surface area contributed by atoms with Crippen LogP contribution in [0.15, 0.2) is 93.4 Å². The van der Waals surface area contributed by atoms with Gasteiger partial charge in [-0.3, -0.25) is 19.2 Å². The number of nitrogens with one attached hydrogen (secondary N) is 2. The van der Waals surface area contributed by atoms with Gasteiger partial charge >= 0.3 is 0 Å². The lowest BCUT2D eigenvalue weighted by atomic mass is 9.75. The van der Waals surface area contributed by atoms with Crippen LogP contribution < -0.4 is 10.6 Å². The number of ketones is 4. The molecule has 0 unspecified atom stereocenters. The third-order valence-electron chi connectivity index (χ3n) is 17.9. The molecule has 0 saturated heterocycles. The molecule has 0 saturated carbocycles. The molecule has 0 amide bonds. The first-order valence-electron chi connectivity index (χ1n) is 32.2. The van der Waals surface area contributed by atoms with Gasteiger partial charge in [0.25, 0.3) is 0 Å². The number of hydrogen-bond acceptors (Lipinski definition) is 17. The highest BCUT2D eigenvalue weighted by Crippen LogP contribution is 2.48. The molecule has 2 aliphatic carbocycles. The van der Waals surface area contributed by atoms with Crippen LogP contribution in [0, 0.1) is 16.2 Å². The molecule has 2 aromatic heterocycles. The standard InChI is InChI=1S/C69H88N8O4S5.C4H10/c1-18-63(4,5)33-36-66(10,11)83-59-72-57(73-60(76-59)84-67(12,13)37-34-64(6,7)19-2)70-47-31-29-41(49-51(47)55(80)45-27-23-21-25-43(45)53(49)78)42-30-32-48(52-50(42)54(79)44-26-22-24-28-46(44)56(52)81)71-58-74-61(77-62(75-58)86-69(16,17)39-40-82)85-68(14,15)38-35-65(8,9)20-3;1-3-4-2/h21-32,82H,18-20,33-40H2,1-17H3,(H,70,72,73,76)(H,71,74,75,77);3-4H2,1-2H3. The SMILES string of the molecule is CCC(C)(C)CCC(C)(C)Sc1nc(Nc2ccc(-c3ccc(Nc4nc(SC(C)(C)CCC(C)(C)CC)nc(SC(C)(C)CCC(C)(C)CC)n4)c4c3C(=O)c3ccccc3C4=O)c3c2C(=O)c2ccccc2C3=O)nc(SC(C)(C)CCS)n1.CCCC. The van der Waals surface area contributed by atoms with Crippen molar-refractivity contribution in [2.75, 3.05) is 16.4 Å². The third-order valence-corrected chi connectivity index (χ3v) is 22.6. The number of thioether (sulfide) groups is 4. The molecule has 12 nitrogen and oxygen atoms in total. The molecule has 0 atom stereocenters. The van der Waals surface area contributed by atoms with Gasteiger partial charge in [0.2, 0.25) is 11.9 Å². The van der Waals surface area contributed by atoms with Crippen LogP contribution in [0.1, 0.15) is 272 Å². The fraction of sp³-hybridized carbons (Fsp3) is 0.534. The quantitative estimate of drug-likeness (QED) is 0.0312. The molecule has 90 heavy (non-hydrogen) atoms. The molecule has 0 spiro atoms. The molecule has 6 aromatic rings. The Morgan fingerprint density at radius 3 is 0.867 bits per heavy atom. The van der Waals surface area contributed by atoms with Gasteiger partial charge in [0, 0.05) is 52.4 Å². The lowest BCUT2D eigenvalue weighted by Crippen LogP contribution is -2.25. The van der Waals surface area contributed by atoms with E-state index in [2.05, 4.69) is 155 Å². The zero-order valence-corrected chi connectivity index (χ0v) is 61.2. The van der Waals surface area contributed by atoms with E-state index in [1.165, 1.54) is 24.6 Å². The van der Waals surface area contributed by atoms with Gasteiger partial charge in [-0.15, -0.1) is 0 Å². The fourth-order valence-electron chi connectivity index (χ4n) is 10.2. The van der Waals surface area contributed by atoms with Crippen LogP contribution in [0.5, 0.6) is 0 Å². The second kappa shape index (κ2) is 29.5. The van der Waals surface area contributed by atoms with Crippen molar-refractivity contribution in [3.05, 3.63) is 117 Å². The maximum absolute atomic E-state index is 15.4. The minimum atomic E-state index is -0.407. The largest absolute Gasteiger partial charge is 0.323 e. The molecule has 0 aliphatic heterocycles. The number of hydrogen-bond donors (Lipinski definition) is 3. The Hall–Kier alpha value is -5.07. The summed E-state index contributed by atoms with van der Waals surface area (Å²) in [5, 5.41) is 8.99. The average molecular weight is 1310 g/mol. The number of carbonyl (C=O) groups is 4. The van der Waals surface area contributed by atoms with Crippen molar-refractivity contribution >= 4 is 106 Å². The van der Waals surface area contributed by atoms with Crippen LogP contribution in [0.2, 0.25) is 0 Å². The maximum Gasteiger partial charge on any atom is 0.232 e. The Balaban J connectivity index is 0.00000279. The van der Waals surface area contributed by atoms with E-state index < -0.39 is 11.6 Å². The van der Waals surface area contributed by atoms with Crippen LogP contribution >= 0.6 is 59.7 Å².